The summed E-state index contributed by atoms with van der Waals surface area (Å²) in [7, 11) is 3.99. The zero-order chi connectivity index (χ0) is 20.3. The van der Waals surface area contributed by atoms with Crippen LogP contribution in [-0.4, -0.2) is 19.7 Å². The summed E-state index contributed by atoms with van der Waals surface area (Å²) in [5, 5.41) is 0. The number of aryl methyl sites for hydroxylation is 1. The zero-order valence-electron chi connectivity index (χ0n) is 17.7. The summed E-state index contributed by atoms with van der Waals surface area (Å²) in [5.74, 6) is 0.909. The lowest BCUT2D eigenvalue weighted by atomic mass is 10.2. The van der Waals surface area contributed by atoms with Crippen LogP contribution < -0.4 is 9.64 Å². The third-order valence-corrected chi connectivity index (χ3v) is 6.56. The van der Waals surface area contributed by atoms with E-state index in [1.165, 1.54) is 25.9 Å². The summed E-state index contributed by atoms with van der Waals surface area (Å²) < 4.78 is 6.00. The molecule has 0 amide bonds. The van der Waals surface area contributed by atoms with Gasteiger partial charge in [-0.2, -0.15) is 0 Å². The Morgan fingerprint density at radius 3 is 1.54 bits per heavy atom. The molecule has 0 bridgehead atoms. The van der Waals surface area contributed by atoms with Crippen LogP contribution in [0.1, 0.15) is 26.3 Å². The molecule has 0 aliphatic heterocycles. The average molecular weight is 393 g/mol. The fourth-order valence-electron chi connectivity index (χ4n) is 2.96. The first-order valence-corrected chi connectivity index (χ1v) is 10.8. The Labute approximate surface area is 172 Å². The molecule has 1 atom stereocenters. The molecule has 0 heterocycles. The normalized spacial score (nSPS) is 12.5. The van der Waals surface area contributed by atoms with E-state index in [1.54, 1.807) is 0 Å². The number of hydrogen-bond donors (Lipinski definition) is 0. The van der Waals surface area contributed by atoms with Crippen molar-refractivity contribution in [3.8, 4) is 5.75 Å². The van der Waals surface area contributed by atoms with E-state index in [4.69, 9.17) is 4.74 Å². The third-order valence-electron chi connectivity index (χ3n) is 4.33. The van der Waals surface area contributed by atoms with E-state index in [-0.39, 0.29) is 16.5 Å². The van der Waals surface area contributed by atoms with Crippen LogP contribution in [0.4, 0.5) is 5.69 Å². The van der Waals surface area contributed by atoms with Gasteiger partial charge in [0.2, 0.25) is 0 Å². The molecule has 3 heteroatoms. The van der Waals surface area contributed by atoms with Crippen molar-refractivity contribution in [2.45, 2.75) is 48.0 Å². The van der Waals surface area contributed by atoms with Crippen molar-refractivity contribution in [3.63, 3.8) is 0 Å². The fourth-order valence-corrected chi connectivity index (χ4v) is 5.00. The monoisotopic (exact) mass is 392 g/mol. The first-order valence-electron chi connectivity index (χ1n) is 9.60. The molecular weight excluding hydrogens is 362 g/mol. The van der Waals surface area contributed by atoms with Crippen molar-refractivity contribution in [2.24, 2.45) is 0 Å². The summed E-state index contributed by atoms with van der Waals surface area (Å²) in [6.07, 6.45) is 0. The third kappa shape index (κ3) is 5.11. The second kappa shape index (κ2) is 8.32. The second-order valence-corrected chi connectivity index (χ2v) is 10.2. The van der Waals surface area contributed by atoms with E-state index >= 15 is 0 Å². The number of benzene rings is 3. The summed E-state index contributed by atoms with van der Waals surface area (Å²) in [6, 6.07) is 26.3. The maximum Gasteiger partial charge on any atom is 0.166 e. The van der Waals surface area contributed by atoms with Gasteiger partial charge in [0, 0.05) is 19.8 Å². The van der Waals surface area contributed by atoms with E-state index in [1.807, 2.05) is 0 Å². The largest absolute Gasteiger partial charge is 0.488 e. The number of ether oxygens (including phenoxy) is 1. The highest BCUT2D eigenvalue weighted by Gasteiger charge is 2.29. The fraction of sp³-hybridized carbons (Fsp3) is 0.280. The maximum absolute atomic E-state index is 6.00. The molecule has 28 heavy (non-hydrogen) atoms. The van der Waals surface area contributed by atoms with Crippen molar-refractivity contribution in [3.05, 3.63) is 78.4 Å². The van der Waals surface area contributed by atoms with E-state index in [0.29, 0.717) is 0 Å². The highest BCUT2D eigenvalue weighted by atomic mass is 32.2. The molecule has 0 saturated carbocycles. The molecule has 3 rings (SSSR count). The average Bonchev–Trinajstić information content (AvgIpc) is 2.64. The predicted molar refractivity (Wildman–Crippen MR) is 121 cm³/mol. The number of hydrogen-bond acceptors (Lipinski definition) is 2. The molecule has 0 spiro atoms. The molecular formula is C25H30NOS+. The SMILES string of the molecule is Cc1ccc([S+](c2ccc(OC(C)(C)C)cc2)c2ccc(N(C)C)cc2)cc1. The molecule has 0 saturated heterocycles. The van der Waals surface area contributed by atoms with Gasteiger partial charge in [-0.15, -0.1) is 0 Å². The first kappa shape index (κ1) is 20.3. The Morgan fingerprint density at radius 2 is 1.11 bits per heavy atom. The lowest BCUT2D eigenvalue weighted by molar-refractivity contribution is 0.131. The van der Waals surface area contributed by atoms with Crippen molar-refractivity contribution in [2.75, 3.05) is 19.0 Å². The number of anilines is 1. The molecule has 3 aromatic rings. The van der Waals surface area contributed by atoms with Crippen LogP contribution in [0, 0.1) is 6.92 Å². The summed E-state index contributed by atoms with van der Waals surface area (Å²) in [6.45, 7) is 8.35. The van der Waals surface area contributed by atoms with E-state index < -0.39 is 0 Å². The molecule has 1 unspecified atom stereocenters. The predicted octanol–water partition coefficient (Wildman–Crippen LogP) is 6.33. The Bertz CT molecular complexity index is 891. The smallest absolute Gasteiger partial charge is 0.166 e. The molecule has 0 radical (unpaired) electrons. The van der Waals surface area contributed by atoms with Gasteiger partial charge >= 0.3 is 0 Å². The van der Waals surface area contributed by atoms with E-state index in [2.05, 4.69) is 119 Å². The van der Waals surface area contributed by atoms with Crippen molar-refractivity contribution in [1.29, 1.82) is 0 Å². The van der Waals surface area contributed by atoms with Gasteiger partial charge in [-0.1, -0.05) is 17.7 Å². The molecule has 0 aliphatic rings. The van der Waals surface area contributed by atoms with Gasteiger partial charge in [0.1, 0.15) is 11.4 Å². The van der Waals surface area contributed by atoms with Gasteiger partial charge in [0.25, 0.3) is 0 Å². The minimum absolute atomic E-state index is 0.150. The molecule has 3 aromatic carbocycles. The van der Waals surface area contributed by atoms with Crippen LogP contribution in [0.2, 0.25) is 0 Å². The van der Waals surface area contributed by atoms with Crippen LogP contribution >= 0.6 is 0 Å². The molecule has 0 fully saturated rings. The van der Waals surface area contributed by atoms with Crippen LogP contribution in [-0.2, 0) is 10.9 Å². The Balaban J connectivity index is 2.00. The van der Waals surface area contributed by atoms with Gasteiger partial charge in [-0.05, 0) is 88.4 Å². The Kier molecular flexibility index (Phi) is 6.04. The van der Waals surface area contributed by atoms with Crippen LogP contribution in [0.3, 0.4) is 0 Å². The Morgan fingerprint density at radius 1 is 0.679 bits per heavy atom. The quantitative estimate of drug-likeness (QED) is 0.470. The van der Waals surface area contributed by atoms with Gasteiger partial charge in [0.05, 0.1) is 10.9 Å². The number of rotatable bonds is 5. The second-order valence-electron chi connectivity index (χ2n) is 8.19. The van der Waals surface area contributed by atoms with Crippen molar-refractivity contribution >= 4 is 16.6 Å². The highest BCUT2D eigenvalue weighted by molar-refractivity contribution is 7.97. The maximum atomic E-state index is 6.00. The van der Waals surface area contributed by atoms with Gasteiger partial charge in [-0.25, -0.2) is 0 Å². The lowest BCUT2D eigenvalue weighted by Gasteiger charge is -2.21. The summed E-state index contributed by atoms with van der Waals surface area (Å²) in [5.41, 5.74) is 2.30. The summed E-state index contributed by atoms with van der Waals surface area (Å²) in [4.78, 5) is 6.07. The van der Waals surface area contributed by atoms with Gasteiger partial charge in [0.15, 0.2) is 14.7 Å². The van der Waals surface area contributed by atoms with Gasteiger partial charge in [-0.3, -0.25) is 0 Å². The van der Waals surface area contributed by atoms with Crippen LogP contribution in [0.5, 0.6) is 5.75 Å². The summed E-state index contributed by atoms with van der Waals surface area (Å²) >= 11 is 0. The first-order chi connectivity index (χ1) is 13.2. The minimum atomic E-state index is -0.192. The molecule has 0 N–H and O–H groups in total. The highest BCUT2D eigenvalue weighted by Crippen LogP contribution is 2.33. The molecule has 0 aliphatic carbocycles. The minimum Gasteiger partial charge on any atom is -0.488 e. The molecule has 0 aromatic heterocycles. The van der Waals surface area contributed by atoms with Crippen molar-refractivity contribution < 1.29 is 4.74 Å². The zero-order valence-corrected chi connectivity index (χ0v) is 18.5. The van der Waals surface area contributed by atoms with Crippen LogP contribution in [0.15, 0.2) is 87.5 Å². The Hall–Kier alpha value is -2.39. The van der Waals surface area contributed by atoms with E-state index in [9.17, 15) is 0 Å². The van der Waals surface area contributed by atoms with E-state index in [0.717, 1.165) is 5.75 Å². The lowest BCUT2D eigenvalue weighted by Crippen LogP contribution is -2.22. The molecule has 2 nitrogen and oxygen atoms in total. The standard InChI is InChI=1S/C25H30NOS/c1-19-7-13-22(14-8-19)28(23-15-9-20(10-16-23)26(5)6)24-17-11-21(12-18-24)27-25(2,3)4/h7-18H,1-6H3/q+1. The van der Waals surface area contributed by atoms with Crippen LogP contribution in [0.25, 0.3) is 0 Å². The van der Waals surface area contributed by atoms with Crippen molar-refractivity contribution in [1.82, 2.24) is 0 Å². The molecule has 146 valence electrons. The van der Waals surface area contributed by atoms with Gasteiger partial charge < -0.3 is 9.64 Å². The number of nitrogens with zero attached hydrogens (tertiary/aromatic N) is 1. The topological polar surface area (TPSA) is 12.5 Å².